The van der Waals surface area contributed by atoms with Crippen molar-refractivity contribution in [2.45, 2.75) is 32.3 Å². The Labute approximate surface area is 236 Å². The summed E-state index contributed by atoms with van der Waals surface area (Å²) >= 11 is 6.74. The molecule has 0 unspecified atom stereocenters. The van der Waals surface area contributed by atoms with E-state index >= 15 is 0 Å². The second-order valence-electron chi connectivity index (χ2n) is 8.92. The van der Waals surface area contributed by atoms with Gasteiger partial charge in [-0.2, -0.15) is 0 Å². The number of carbonyl (C=O) groups excluding carboxylic acids is 2. The standard InChI is InChI=1S/C30H28N2O5S2/c33-27(31-24-15-13-23(14-16-24)29(35)36)12-5-2-6-17-32-28(34)26(39-30(32)38)19-22-10-7-11-25(18-22)37-20-21-8-3-1-4-9-21/h1,3-4,7-11,13-16,18-19H,2,5-6,12,17,20H2,(H,31,33)(H,35,36)/b26-19-. The number of benzene rings is 3. The van der Waals surface area contributed by atoms with Crippen LogP contribution < -0.4 is 10.1 Å². The van der Waals surface area contributed by atoms with Gasteiger partial charge < -0.3 is 15.2 Å². The van der Waals surface area contributed by atoms with Crippen LogP contribution in [-0.4, -0.2) is 38.7 Å². The third-order valence-electron chi connectivity index (χ3n) is 5.98. The summed E-state index contributed by atoms with van der Waals surface area (Å²) in [4.78, 5) is 38.3. The van der Waals surface area contributed by atoms with Gasteiger partial charge in [0.25, 0.3) is 5.91 Å². The number of carbonyl (C=O) groups is 3. The van der Waals surface area contributed by atoms with Crippen LogP contribution in [0.5, 0.6) is 5.75 Å². The molecule has 9 heteroatoms. The number of thioether (sulfide) groups is 1. The van der Waals surface area contributed by atoms with Crippen molar-refractivity contribution in [3.63, 3.8) is 0 Å². The second kappa shape index (κ2) is 13.7. The lowest BCUT2D eigenvalue weighted by atomic mass is 10.1. The molecule has 4 rings (SSSR count). The fourth-order valence-corrected chi connectivity index (χ4v) is 5.24. The first kappa shape index (κ1) is 28.1. The molecule has 2 N–H and O–H groups in total. The minimum absolute atomic E-state index is 0.108. The highest BCUT2D eigenvalue weighted by Crippen LogP contribution is 2.33. The van der Waals surface area contributed by atoms with Gasteiger partial charge in [-0.1, -0.05) is 72.9 Å². The second-order valence-corrected chi connectivity index (χ2v) is 10.6. The average Bonchev–Trinajstić information content (AvgIpc) is 3.20. The highest BCUT2D eigenvalue weighted by Gasteiger charge is 2.31. The number of ether oxygens (including phenoxy) is 1. The van der Waals surface area contributed by atoms with Crippen LogP contribution in [0.1, 0.15) is 47.2 Å². The molecule has 7 nitrogen and oxygen atoms in total. The number of thiocarbonyl (C=S) groups is 1. The van der Waals surface area contributed by atoms with E-state index in [2.05, 4.69) is 5.32 Å². The summed E-state index contributed by atoms with van der Waals surface area (Å²) in [5.41, 5.74) is 2.67. The molecule has 0 radical (unpaired) electrons. The molecule has 1 fully saturated rings. The first-order valence-corrected chi connectivity index (χ1v) is 13.8. The van der Waals surface area contributed by atoms with E-state index < -0.39 is 5.97 Å². The van der Waals surface area contributed by atoms with Gasteiger partial charge in [0.15, 0.2) is 0 Å². The van der Waals surface area contributed by atoms with Crippen molar-refractivity contribution < 1.29 is 24.2 Å². The lowest BCUT2D eigenvalue weighted by Gasteiger charge is -2.14. The van der Waals surface area contributed by atoms with Crippen molar-refractivity contribution in [1.82, 2.24) is 4.90 Å². The molecule has 0 aromatic heterocycles. The fourth-order valence-electron chi connectivity index (χ4n) is 3.93. The van der Waals surface area contributed by atoms with Gasteiger partial charge in [0, 0.05) is 18.7 Å². The number of nitrogens with one attached hydrogen (secondary N) is 1. The molecular weight excluding hydrogens is 532 g/mol. The number of hydrogen-bond acceptors (Lipinski definition) is 6. The zero-order valence-electron chi connectivity index (χ0n) is 21.2. The third kappa shape index (κ3) is 8.27. The molecule has 1 aliphatic heterocycles. The van der Waals surface area contributed by atoms with E-state index in [4.69, 9.17) is 22.1 Å². The minimum Gasteiger partial charge on any atom is -0.489 e. The molecule has 0 spiro atoms. The molecule has 0 bridgehead atoms. The lowest BCUT2D eigenvalue weighted by Crippen LogP contribution is -2.29. The summed E-state index contributed by atoms with van der Waals surface area (Å²) in [5, 5.41) is 11.7. The van der Waals surface area contributed by atoms with Crippen molar-refractivity contribution in [3.05, 3.63) is 100 Å². The first-order valence-electron chi connectivity index (χ1n) is 12.5. The molecule has 200 valence electrons. The summed E-state index contributed by atoms with van der Waals surface area (Å²) in [6.07, 6.45) is 4.33. The van der Waals surface area contributed by atoms with Gasteiger partial charge in [-0.05, 0) is 66.4 Å². The Morgan fingerprint density at radius 1 is 0.974 bits per heavy atom. The molecule has 1 saturated heterocycles. The van der Waals surface area contributed by atoms with E-state index in [0.717, 1.165) is 29.7 Å². The minimum atomic E-state index is -1.01. The first-order chi connectivity index (χ1) is 18.9. The number of hydrogen-bond donors (Lipinski definition) is 2. The largest absolute Gasteiger partial charge is 0.489 e. The van der Waals surface area contributed by atoms with Gasteiger partial charge in [-0.3, -0.25) is 14.5 Å². The van der Waals surface area contributed by atoms with E-state index in [1.54, 1.807) is 17.0 Å². The van der Waals surface area contributed by atoms with Gasteiger partial charge in [0.2, 0.25) is 5.91 Å². The van der Waals surface area contributed by atoms with Gasteiger partial charge >= 0.3 is 5.97 Å². The van der Waals surface area contributed by atoms with Crippen LogP contribution in [-0.2, 0) is 16.2 Å². The number of amides is 2. The topological polar surface area (TPSA) is 95.9 Å². The van der Waals surface area contributed by atoms with Crippen molar-refractivity contribution in [1.29, 1.82) is 0 Å². The molecule has 0 saturated carbocycles. The predicted octanol–water partition coefficient (Wildman–Crippen LogP) is 6.36. The molecule has 0 aliphatic carbocycles. The smallest absolute Gasteiger partial charge is 0.335 e. The monoisotopic (exact) mass is 560 g/mol. The van der Waals surface area contributed by atoms with E-state index in [1.807, 2.05) is 60.7 Å². The van der Waals surface area contributed by atoms with Crippen LogP contribution >= 0.6 is 24.0 Å². The van der Waals surface area contributed by atoms with Crippen molar-refractivity contribution >= 4 is 57.8 Å². The highest BCUT2D eigenvalue weighted by molar-refractivity contribution is 8.26. The number of anilines is 1. The average molecular weight is 561 g/mol. The van der Waals surface area contributed by atoms with Crippen molar-refractivity contribution in [3.8, 4) is 5.75 Å². The molecule has 3 aromatic carbocycles. The molecular formula is C30H28N2O5S2. The van der Waals surface area contributed by atoms with E-state index in [0.29, 0.717) is 40.9 Å². The van der Waals surface area contributed by atoms with Crippen LogP contribution in [0.25, 0.3) is 6.08 Å². The molecule has 0 atom stereocenters. The number of unbranched alkanes of at least 4 members (excludes halogenated alkanes) is 2. The van der Waals surface area contributed by atoms with Crippen LogP contribution in [0.4, 0.5) is 5.69 Å². The SMILES string of the molecule is O=C(CCCCCN1C(=O)/C(=C/c2cccc(OCc3ccccc3)c2)SC1=S)Nc1ccc(C(=O)O)cc1. The van der Waals surface area contributed by atoms with Gasteiger partial charge in [0.05, 0.1) is 10.5 Å². The molecule has 39 heavy (non-hydrogen) atoms. The summed E-state index contributed by atoms with van der Waals surface area (Å²) in [7, 11) is 0. The van der Waals surface area contributed by atoms with Crippen LogP contribution in [0, 0.1) is 0 Å². The van der Waals surface area contributed by atoms with E-state index in [1.165, 1.54) is 23.9 Å². The highest BCUT2D eigenvalue weighted by atomic mass is 32.2. The number of rotatable bonds is 12. The number of nitrogens with zero attached hydrogens (tertiary/aromatic N) is 1. The maximum Gasteiger partial charge on any atom is 0.335 e. The maximum atomic E-state index is 13.0. The Morgan fingerprint density at radius 2 is 1.74 bits per heavy atom. The Hall–Kier alpha value is -3.95. The summed E-state index contributed by atoms with van der Waals surface area (Å²) < 4.78 is 6.43. The quantitative estimate of drug-likeness (QED) is 0.151. The Kier molecular flexibility index (Phi) is 9.88. The number of carboxylic acid groups (broad SMARTS) is 1. The summed E-state index contributed by atoms with van der Waals surface area (Å²) in [5.74, 6) is -0.530. The lowest BCUT2D eigenvalue weighted by molar-refractivity contribution is -0.122. The summed E-state index contributed by atoms with van der Waals surface area (Å²) in [6, 6.07) is 23.6. The predicted molar refractivity (Wildman–Crippen MR) is 158 cm³/mol. The normalized spacial score (nSPS) is 14.1. The van der Waals surface area contributed by atoms with Gasteiger partial charge in [-0.25, -0.2) is 4.79 Å². The Bertz CT molecular complexity index is 1370. The molecule has 1 aliphatic rings. The third-order valence-corrected chi connectivity index (χ3v) is 7.36. The Balaban J connectivity index is 1.21. The van der Waals surface area contributed by atoms with Crippen LogP contribution in [0.15, 0.2) is 83.8 Å². The summed E-state index contributed by atoms with van der Waals surface area (Å²) in [6.45, 7) is 0.967. The zero-order valence-corrected chi connectivity index (χ0v) is 22.8. The zero-order chi connectivity index (χ0) is 27.6. The number of aromatic carboxylic acids is 1. The molecule has 2 amide bonds. The molecule has 3 aromatic rings. The van der Waals surface area contributed by atoms with Crippen LogP contribution in [0.2, 0.25) is 0 Å². The van der Waals surface area contributed by atoms with Crippen LogP contribution in [0.3, 0.4) is 0 Å². The van der Waals surface area contributed by atoms with Gasteiger partial charge in [0.1, 0.15) is 16.7 Å². The van der Waals surface area contributed by atoms with Crippen molar-refractivity contribution in [2.75, 3.05) is 11.9 Å². The van der Waals surface area contributed by atoms with Crippen molar-refractivity contribution in [2.24, 2.45) is 0 Å². The van der Waals surface area contributed by atoms with Gasteiger partial charge in [-0.15, -0.1) is 0 Å². The van der Waals surface area contributed by atoms with E-state index in [9.17, 15) is 14.4 Å². The molecule has 1 heterocycles. The number of carboxylic acids is 1. The fraction of sp³-hybridized carbons (Fsp3) is 0.200. The van der Waals surface area contributed by atoms with E-state index in [-0.39, 0.29) is 17.4 Å². The Morgan fingerprint density at radius 3 is 2.49 bits per heavy atom. The maximum absolute atomic E-state index is 13.0.